The van der Waals surface area contributed by atoms with Crippen LogP contribution >= 0.6 is 11.6 Å². The van der Waals surface area contributed by atoms with Crippen molar-refractivity contribution in [3.63, 3.8) is 0 Å². The van der Waals surface area contributed by atoms with E-state index < -0.39 is 0 Å². The predicted octanol–water partition coefficient (Wildman–Crippen LogP) is 1.28. The lowest BCUT2D eigenvalue weighted by molar-refractivity contribution is 0.198. The third kappa shape index (κ3) is 2.88. The van der Waals surface area contributed by atoms with Crippen molar-refractivity contribution in [1.29, 1.82) is 0 Å². The summed E-state index contributed by atoms with van der Waals surface area (Å²) < 4.78 is 6.86. The molecule has 17 heavy (non-hydrogen) atoms. The Morgan fingerprint density at radius 2 is 2.24 bits per heavy atom. The molecule has 2 rings (SSSR count). The summed E-state index contributed by atoms with van der Waals surface area (Å²) in [5.74, 6) is 0.279. The zero-order chi connectivity index (χ0) is 12.3. The lowest BCUT2D eigenvalue weighted by Gasteiger charge is -2.10. The molecule has 0 spiro atoms. The Morgan fingerprint density at radius 3 is 2.88 bits per heavy atom. The smallest absolute Gasteiger partial charge is 0.322 e. The average Bonchev–Trinajstić information content (AvgIpc) is 2.81. The van der Waals surface area contributed by atoms with Gasteiger partial charge in [0.15, 0.2) is 0 Å². The summed E-state index contributed by atoms with van der Waals surface area (Å²) in [5.41, 5.74) is 0. The zero-order valence-electron chi connectivity index (χ0n) is 9.41. The highest BCUT2D eigenvalue weighted by Gasteiger charge is 2.10. The van der Waals surface area contributed by atoms with Crippen LogP contribution in [0, 0.1) is 0 Å². The molecule has 0 bridgehead atoms. The van der Waals surface area contributed by atoms with Gasteiger partial charge in [0.2, 0.25) is 5.28 Å². The highest BCUT2D eigenvalue weighted by atomic mass is 35.5. The lowest BCUT2D eigenvalue weighted by Crippen LogP contribution is -2.14. The van der Waals surface area contributed by atoms with E-state index in [1.807, 2.05) is 13.8 Å². The zero-order valence-corrected chi connectivity index (χ0v) is 10.2. The fraction of sp³-hybridized carbons (Fsp3) is 0.444. The van der Waals surface area contributed by atoms with Crippen LogP contribution in [0.1, 0.15) is 20.3 Å². The molecule has 1 unspecified atom stereocenters. The minimum atomic E-state index is 0.0112. The molecule has 0 aliphatic carbocycles. The highest BCUT2D eigenvalue weighted by molar-refractivity contribution is 6.28. The molecule has 2 aromatic heterocycles. The first-order valence-corrected chi connectivity index (χ1v) is 5.50. The molecule has 1 atom stereocenters. The maximum Gasteiger partial charge on any atom is 0.322 e. The van der Waals surface area contributed by atoms with Crippen molar-refractivity contribution in [2.45, 2.75) is 26.4 Å². The monoisotopic (exact) mass is 254 g/mol. The van der Waals surface area contributed by atoms with Crippen molar-refractivity contribution in [2.75, 3.05) is 0 Å². The van der Waals surface area contributed by atoms with E-state index in [1.165, 1.54) is 17.3 Å². The van der Waals surface area contributed by atoms with Gasteiger partial charge in [-0.1, -0.05) is 6.92 Å². The van der Waals surface area contributed by atoms with Crippen LogP contribution in [-0.2, 0) is 0 Å². The molecule has 0 aliphatic rings. The largest absolute Gasteiger partial charge is 0.460 e. The lowest BCUT2D eigenvalue weighted by atomic mass is 10.3. The molecular weight excluding hydrogens is 244 g/mol. The Kier molecular flexibility index (Phi) is 3.48. The Labute approximate surface area is 103 Å². The van der Waals surface area contributed by atoms with Crippen molar-refractivity contribution in [3.8, 4) is 12.0 Å². The first-order chi connectivity index (χ1) is 8.19. The molecule has 2 aromatic rings. The number of ether oxygens (including phenoxy) is 1. The van der Waals surface area contributed by atoms with Gasteiger partial charge in [-0.15, -0.1) is 0 Å². The minimum absolute atomic E-state index is 0.0112. The molecular formula is C9H11ClN6O. The SMILES string of the molecule is CCC(C)Oc1nc(Cl)nc(-n2cncn2)n1. The van der Waals surface area contributed by atoms with E-state index in [-0.39, 0.29) is 23.3 Å². The second-order valence-electron chi connectivity index (χ2n) is 3.36. The van der Waals surface area contributed by atoms with Crippen LogP contribution in [0.4, 0.5) is 0 Å². The van der Waals surface area contributed by atoms with Gasteiger partial charge in [0, 0.05) is 0 Å². The van der Waals surface area contributed by atoms with Crippen LogP contribution in [0.2, 0.25) is 5.28 Å². The molecule has 0 fully saturated rings. The Balaban J connectivity index is 2.30. The van der Waals surface area contributed by atoms with Gasteiger partial charge in [0.25, 0.3) is 5.95 Å². The van der Waals surface area contributed by atoms with E-state index in [1.54, 1.807) is 0 Å². The number of nitrogens with zero attached hydrogens (tertiary/aromatic N) is 6. The molecule has 0 aromatic carbocycles. The van der Waals surface area contributed by atoms with Crippen molar-refractivity contribution in [3.05, 3.63) is 17.9 Å². The van der Waals surface area contributed by atoms with Gasteiger partial charge in [0.05, 0.1) is 6.10 Å². The molecule has 0 N–H and O–H groups in total. The maximum atomic E-state index is 5.79. The number of hydrogen-bond acceptors (Lipinski definition) is 6. The van der Waals surface area contributed by atoms with Crippen molar-refractivity contribution in [1.82, 2.24) is 29.7 Å². The van der Waals surface area contributed by atoms with E-state index in [2.05, 4.69) is 25.0 Å². The molecule has 0 amide bonds. The second kappa shape index (κ2) is 5.05. The van der Waals surface area contributed by atoms with Crippen molar-refractivity contribution in [2.24, 2.45) is 0 Å². The van der Waals surface area contributed by atoms with Gasteiger partial charge < -0.3 is 4.74 Å². The van der Waals surface area contributed by atoms with Crippen molar-refractivity contribution >= 4 is 11.6 Å². The summed E-state index contributed by atoms with van der Waals surface area (Å²) in [5, 5.41) is 3.97. The van der Waals surface area contributed by atoms with Gasteiger partial charge >= 0.3 is 6.01 Å². The van der Waals surface area contributed by atoms with Crippen LogP contribution < -0.4 is 4.74 Å². The first-order valence-electron chi connectivity index (χ1n) is 5.12. The molecule has 2 heterocycles. The van der Waals surface area contributed by atoms with E-state index in [9.17, 15) is 0 Å². The number of rotatable bonds is 4. The predicted molar refractivity (Wildman–Crippen MR) is 60.1 cm³/mol. The van der Waals surface area contributed by atoms with Crippen LogP contribution in [0.3, 0.4) is 0 Å². The molecule has 0 aliphatic heterocycles. The fourth-order valence-corrected chi connectivity index (χ4v) is 1.20. The van der Waals surface area contributed by atoms with Gasteiger partial charge in [-0.2, -0.15) is 24.7 Å². The quantitative estimate of drug-likeness (QED) is 0.818. The normalized spacial score (nSPS) is 12.4. The Hall–Kier alpha value is -1.76. The molecule has 0 saturated carbocycles. The van der Waals surface area contributed by atoms with Gasteiger partial charge in [-0.25, -0.2) is 4.98 Å². The van der Waals surface area contributed by atoms with Crippen molar-refractivity contribution < 1.29 is 4.74 Å². The van der Waals surface area contributed by atoms with Gasteiger partial charge in [-0.05, 0) is 24.9 Å². The number of aromatic nitrogens is 6. The summed E-state index contributed by atoms with van der Waals surface area (Å²) in [7, 11) is 0. The summed E-state index contributed by atoms with van der Waals surface area (Å²) >= 11 is 5.79. The van der Waals surface area contributed by atoms with Crippen LogP contribution in [-0.4, -0.2) is 35.8 Å². The third-order valence-corrected chi connectivity index (χ3v) is 2.25. The number of hydrogen-bond donors (Lipinski definition) is 0. The highest BCUT2D eigenvalue weighted by Crippen LogP contribution is 2.12. The Morgan fingerprint density at radius 1 is 1.41 bits per heavy atom. The number of halogens is 1. The standard InChI is InChI=1S/C9H11ClN6O/c1-3-6(2)17-9-14-7(10)13-8(15-9)16-5-11-4-12-16/h4-6H,3H2,1-2H3. The van der Waals surface area contributed by atoms with E-state index in [0.717, 1.165) is 6.42 Å². The molecule has 7 nitrogen and oxygen atoms in total. The van der Waals surface area contributed by atoms with E-state index in [4.69, 9.17) is 16.3 Å². The summed E-state index contributed by atoms with van der Waals surface area (Å²) in [6.45, 7) is 3.93. The molecule has 90 valence electrons. The topological polar surface area (TPSA) is 78.6 Å². The van der Waals surface area contributed by atoms with Crippen LogP contribution in [0.15, 0.2) is 12.7 Å². The first kappa shape index (κ1) is 11.7. The minimum Gasteiger partial charge on any atom is -0.460 e. The van der Waals surface area contributed by atoms with Crippen LogP contribution in [0.25, 0.3) is 5.95 Å². The van der Waals surface area contributed by atoms with E-state index >= 15 is 0 Å². The molecule has 0 saturated heterocycles. The van der Waals surface area contributed by atoms with Gasteiger partial charge in [-0.3, -0.25) is 0 Å². The maximum absolute atomic E-state index is 5.79. The fourth-order valence-electron chi connectivity index (χ4n) is 1.05. The average molecular weight is 255 g/mol. The molecule has 8 heteroatoms. The second-order valence-corrected chi connectivity index (χ2v) is 3.70. The Bertz CT molecular complexity index is 488. The molecule has 0 radical (unpaired) electrons. The third-order valence-electron chi connectivity index (χ3n) is 2.08. The van der Waals surface area contributed by atoms with Gasteiger partial charge in [0.1, 0.15) is 12.7 Å². The summed E-state index contributed by atoms with van der Waals surface area (Å²) in [6, 6.07) is 0.185. The van der Waals surface area contributed by atoms with Crippen LogP contribution in [0.5, 0.6) is 6.01 Å². The summed E-state index contributed by atoms with van der Waals surface area (Å²) in [4.78, 5) is 15.7. The summed E-state index contributed by atoms with van der Waals surface area (Å²) in [6.07, 6.45) is 3.71. The van der Waals surface area contributed by atoms with E-state index in [0.29, 0.717) is 0 Å².